The van der Waals surface area contributed by atoms with E-state index in [9.17, 15) is 9.59 Å². The number of carbonyl (C=O) groups excluding carboxylic acids is 1. The van der Waals surface area contributed by atoms with Gasteiger partial charge in [-0.2, -0.15) is 0 Å². The number of nitrogens with zero attached hydrogens (tertiary/aromatic N) is 2. The highest BCUT2D eigenvalue weighted by Crippen LogP contribution is 2.21. The predicted molar refractivity (Wildman–Crippen MR) is 83.1 cm³/mol. The molecule has 0 bridgehead atoms. The Morgan fingerprint density at radius 3 is 2.71 bits per heavy atom. The Bertz CT molecular complexity index is 382. The smallest absolute Gasteiger partial charge is 0.303 e. The van der Waals surface area contributed by atoms with Gasteiger partial charge in [-0.3, -0.25) is 14.5 Å². The third-order valence-electron chi connectivity index (χ3n) is 3.92. The summed E-state index contributed by atoms with van der Waals surface area (Å²) in [4.78, 5) is 26.9. The van der Waals surface area contributed by atoms with Gasteiger partial charge in [0.25, 0.3) is 0 Å². The molecular formula is C16H28N2O3. The molecule has 5 heteroatoms. The van der Waals surface area contributed by atoms with Gasteiger partial charge in [0.05, 0.1) is 6.54 Å². The Hall–Kier alpha value is -1.36. The molecule has 0 aliphatic carbocycles. The Balaban J connectivity index is 2.43. The maximum absolute atomic E-state index is 12.3. The van der Waals surface area contributed by atoms with Gasteiger partial charge in [0.15, 0.2) is 0 Å². The van der Waals surface area contributed by atoms with Crippen LogP contribution in [0, 0.1) is 5.92 Å². The molecule has 1 saturated heterocycles. The molecule has 21 heavy (non-hydrogen) atoms. The molecule has 0 aromatic heterocycles. The average Bonchev–Trinajstić information content (AvgIpc) is 2.42. The van der Waals surface area contributed by atoms with Gasteiger partial charge in [-0.05, 0) is 45.6 Å². The molecule has 1 fully saturated rings. The van der Waals surface area contributed by atoms with Gasteiger partial charge in [0.1, 0.15) is 0 Å². The third-order valence-corrected chi connectivity index (χ3v) is 3.92. The van der Waals surface area contributed by atoms with Crippen molar-refractivity contribution >= 4 is 11.9 Å². The van der Waals surface area contributed by atoms with Crippen molar-refractivity contribution in [3.63, 3.8) is 0 Å². The normalized spacial score (nSPS) is 19.2. The first-order chi connectivity index (χ1) is 9.92. The van der Waals surface area contributed by atoms with E-state index in [2.05, 4.69) is 11.5 Å². The number of likely N-dealkylation sites (N-methyl/N-ethyl adjacent to an activating group) is 1. The van der Waals surface area contributed by atoms with Crippen LogP contribution in [0.3, 0.4) is 0 Å². The van der Waals surface area contributed by atoms with Crippen LogP contribution in [-0.2, 0) is 9.59 Å². The van der Waals surface area contributed by atoms with E-state index >= 15 is 0 Å². The predicted octanol–water partition coefficient (Wildman–Crippen LogP) is 1.99. The summed E-state index contributed by atoms with van der Waals surface area (Å²) in [5.74, 6) is -0.194. The number of amides is 1. The minimum absolute atomic E-state index is 0.138. The van der Waals surface area contributed by atoms with E-state index in [0.717, 1.165) is 31.5 Å². The summed E-state index contributed by atoms with van der Waals surface area (Å²) in [6, 6.07) is 0. The number of carboxylic acid groups (broad SMARTS) is 1. The molecule has 0 spiro atoms. The van der Waals surface area contributed by atoms with Gasteiger partial charge < -0.3 is 10.0 Å². The van der Waals surface area contributed by atoms with Gasteiger partial charge in [0.2, 0.25) is 5.91 Å². The second-order valence-electron chi connectivity index (χ2n) is 6.04. The Morgan fingerprint density at radius 2 is 2.14 bits per heavy atom. The quantitative estimate of drug-likeness (QED) is 0.696. The lowest BCUT2D eigenvalue weighted by atomic mass is 9.93. The zero-order valence-electron chi connectivity index (χ0n) is 13.3. The summed E-state index contributed by atoms with van der Waals surface area (Å²) < 4.78 is 0. The van der Waals surface area contributed by atoms with Crippen molar-refractivity contribution in [1.82, 2.24) is 9.80 Å². The van der Waals surface area contributed by atoms with Crippen molar-refractivity contribution in [2.45, 2.75) is 39.5 Å². The molecule has 0 radical (unpaired) electrons. The van der Waals surface area contributed by atoms with Crippen molar-refractivity contribution in [1.29, 1.82) is 0 Å². The molecule has 1 heterocycles. The molecule has 0 aromatic carbocycles. The summed E-state index contributed by atoms with van der Waals surface area (Å²) in [5, 5.41) is 8.76. The number of aliphatic carboxylic acids is 1. The number of hydrogen-bond acceptors (Lipinski definition) is 3. The molecule has 0 aromatic rings. The minimum atomic E-state index is -0.734. The first kappa shape index (κ1) is 17.7. The largest absolute Gasteiger partial charge is 0.481 e. The lowest BCUT2D eigenvalue weighted by molar-refractivity contribution is -0.137. The Kier molecular flexibility index (Phi) is 7.43. The van der Waals surface area contributed by atoms with Gasteiger partial charge in [0, 0.05) is 26.1 Å². The average molecular weight is 296 g/mol. The number of carbonyl (C=O) groups is 2. The lowest BCUT2D eigenvalue weighted by Gasteiger charge is -2.33. The Morgan fingerprint density at radius 1 is 1.43 bits per heavy atom. The number of likely N-dealkylation sites (tertiary alicyclic amines) is 1. The summed E-state index contributed by atoms with van der Waals surface area (Å²) >= 11 is 0. The van der Waals surface area contributed by atoms with E-state index in [1.54, 1.807) is 0 Å². The third kappa shape index (κ3) is 6.76. The Labute approximate surface area is 127 Å². The lowest BCUT2D eigenvalue weighted by Crippen LogP contribution is -2.44. The van der Waals surface area contributed by atoms with Gasteiger partial charge in [-0.1, -0.05) is 12.2 Å². The molecule has 1 atom stereocenters. The molecule has 1 N–H and O–H groups in total. The fourth-order valence-electron chi connectivity index (χ4n) is 2.85. The van der Waals surface area contributed by atoms with Crippen LogP contribution in [-0.4, -0.2) is 59.5 Å². The highest BCUT2D eigenvalue weighted by molar-refractivity contribution is 5.78. The van der Waals surface area contributed by atoms with Gasteiger partial charge in [-0.15, -0.1) is 0 Å². The molecular weight excluding hydrogens is 268 g/mol. The zero-order valence-corrected chi connectivity index (χ0v) is 13.3. The van der Waals surface area contributed by atoms with Crippen LogP contribution in [0.1, 0.15) is 39.5 Å². The second kappa shape index (κ2) is 8.82. The highest BCUT2D eigenvalue weighted by atomic mass is 16.4. The monoisotopic (exact) mass is 296 g/mol. The van der Waals surface area contributed by atoms with Crippen LogP contribution in [0.5, 0.6) is 0 Å². The van der Waals surface area contributed by atoms with Crippen LogP contribution < -0.4 is 0 Å². The maximum atomic E-state index is 12.3. The van der Waals surface area contributed by atoms with E-state index in [0.29, 0.717) is 32.0 Å². The number of hydrogen-bond donors (Lipinski definition) is 1. The van der Waals surface area contributed by atoms with E-state index in [4.69, 9.17) is 5.11 Å². The number of rotatable bonds is 8. The molecule has 1 rings (SSSR count). The molecule has 120 valence electrons. The van der Waals surface area contributed by atoms with Gasteiger partial charge in [-0.25, -0.2) is 0 Å². The van der Waals surface area contributed by atoms with Crippen molar-refractivity contribution in [2.75, 3.05) is 32.7 Å². The van der Waals surface area contributed by atoms with Crippen LogP contribution in [0.25, 0.3) is 0 Å². The SMILES string of the molecule is C=C(C)CN(CC)C(=O)CN1CCCC(CCC(=O)O)C1. The zero-order chi connectivity index (χ0) is 15.8. The van der Waals surface area contributed by atoms with E-state index in [1.165, 1.54) is 0 Å². The van der Waals surface area contributed by atoms with Crippen molar-refractivity contribution in [2.24, 2.45) is 5.92 Å². The topological polar surface area (TPSA) is 60.9 Å². The van der Waals surface area contributed by atoms with Crippen LogP contribution in [0.15, 0.2) is 12.2 Å². The second-order valence-corrected chi connectivity index (χ2v) is 6.04. The fourth-order valence-corrected chi connectivity index (χ4v) is 2.85. The van der Waals surface area contributed by atoms with Crippen LogP contribution >= 0.6 is 0 Å². The standard InChI is InChI=1S/C16H28N2O3/c1-4-18(10-13(2)3)15(19)12-17-9-5-6-14(11-17)7-8-16(20)21/h14H,2,4-12H2,1,3H3,(H,20,21). The molecule has 5 nitrogen and oxygen atoms in total. The summed E-state index contributed by atoms with van der Waals surface area (Å²) in [7, 11) is 0. The molecule has 1 aliphatic rings. The van der Waals surface area contributed by atoms with E-state index in [1.807, 2.05) is 18.7 Å². The first-order valence-corrected chi connectivity index (χ1v) is 7.78. The van der Waals surface area contributed by atoms with Crippen molar-refractivity contribution < 1.29 is 14.7 Å². The highest BCUT2D eigenvalue weighted by Gasteiger charge is 2.23. The number of carboxylic acids is 1. The minimum Gasteiger partial charge on any atom is -0.481 e. The van der Waals surface area contributed by atoms with Crippen LogP contribution in [0.4, 0.5) is 0 Å². The molecule has 0 saturated carbocycles. The number of piperidine rings is 1. The summed E-state index contributed by atoms with van der Waals surface area (Å²) in [6.45, 7) is 11.3. The molecule has 1 unspecified atom stereocenters. The van der Waals surface area contributed by atoms with Gasteiger partial charge >= 0.3 is 5.97 Å². The van der Waals surface area contributed by atoms with E-state index in [-0.39, 0.29) is 12.3 Å². The maximum Gasteiger partial charge on any atom is 0.303 e. The van der Waals surface area contributed by atoms with Crippen molar-refractivity contribution in [3.05, 3.63) is 12.2 Å². The summed E-state index contributed by atoms with van der Waals surface area (Å²) in [6.07, 6.45) is 3.05. The fraction of sp³-hybridized carbons (Fsp3) is 0.750. The van der Waals surface area contributed by atoms with Crippen LogP contribution in [0.2, 0.25) is 0 Å². The summed E-state index contributed by atoms with van der Waals surface area (Å²) in [5.41, 5.74) is 0.989. The first-order valence-electron chi connectivity index (χ1n) is 7.78. The molecule has 1 amide bonds. The van der Waals surface area contributed by atoms with Crippen molar-refractivity contribution in [3.8, 4) is 0 Å². The molecule has 1 aliphatic heterocycles. The van der Waals surface area contributed by atoms with E-state index < -0.39 is 5.97 Å².